The van der Waals surface area contributed by atoms with Crippen LogP contribution in [0, 0.1) is 17.2 Å². The molecule has 0 heterocycles. The van der Waals surface area contributed by atoms with Crippen LogP contribution in [0.25, 0.3) is 0 Å². The van der Waals surface area contributed by atoms with E-state index in [-0.39, 0.29) is 6.03 Å². The highest BCUT2D eigenvalue weighted by atomic mass is 16.2. The average Bonchev–Trinajstić information content (AvgIpc) is 2.10. The van der Waals surface area contributed by atoms with Crippen molar-refractivity contribution in [2.75, 3.05) is 20.1 Å². The van der Waals surface area contributed by atoms with Crippen molar-refractivity contribution in [3.05, 3.63) is 0 Å². The lowest BCUT2D eigenvalue weighted by molar-refractivity contribution is 0.194. The van der Waals surface area contributed by atoms with E-state index < -0.39 is 0 Å². The molecule has 0 spiro atoms. The molecule has 0 rings (SSSR count). The minimum absolute atomic E-state index is 0.107. The maximum atomic E-state index is 11.3. The van der Waals surface area contributed by atoms with Crippen molar-refractivity contribution in [3.8, 4) is 6.07 Å². The van der Waals surface area contributed by atoms with Crippen molar-refractivity contribution in [2.24, 2.45) is 5.92 Å². The minimum atomic E-state index is -0.107. The Labute approximate surface area is 79.5 Å². The molecule has 0 saturated heterocycles. The third kappa shape index (κ3) is 5.07. The van der Waals surface area contributed by atoms with Gasteiger partial charge in [0, 0.05) is 20.1 Å². The van der Waals surface area contributed by atoms with Gasteiger partial charge in [-0.15, -0.1) is 0 Å². The molecule has 0 aromatic rings. The number of carbonyl (C=O) groups excluding carboxylic acids is 1. The molecule has 0 atom stereocenters. The van der Waals surface area contributed by atoms with Crippen molar-refractivity contribution in [2.45, 2.75) is 20.3 Å². The Kier molecular flexibility index (Phi) is 5.69. The van der Waals surface area contributed by atoms with Gasteiger partial charge in [-0.25, -0.2) is 4.79 Å². The highest BCUT2D eigenvalue weighted by Crippen LogP contribution is 1.99. The largest absolute Gasteiger partial charge is 0.341 e. The fourth-order valence-electron chi connectivity index (χ4n) is 1.06. The molecule has 0 fully saturated rings. The Morgan fingerprint density at radius 3 is 2.62 bits per heavy atom. The van der Waals surface area contributed by atoms with Gasteiger partial charge in [0.25, 0.3) is 0 Å². The first kappa shape index (κ1) is 11.8. The Bertz CT molecular complexity index is 196. The molecule has 4 nitrogen and oxygen atoms in total. The van der Waals surface area contributed by atoms with Crippen molar-refractivity contribution in [1.29, 1.82) is 5.26 Å². The van der Waals surface area contributed by atoms with Crippen LogP contribution in [0.4, 0.5) is 4.79 Å². The number of amides is 2. The number of carbonyl (C=O) groups is 1. The fraction of sp³-hybridized carbons (Fsp3) is 0.778. The Balaban J connectivity index is 4.04. The topological polar surface area (TPSA) is 56.1 Å². The van der Waals surface area contributed by atoms with E-state index in [2.05, 4.69) is 5.32 Å². The number of urea groups is 1. The zero-order valence-electron chi connectivity index (χ0n) is 8.50. The fourth-order valence-corrected chi connectivity index (χ4v) is 1.06. The molecule has 2 amide bonds. The quantitative estimate of drug-likeness (QED) is 0.712. The average molecular weight is 183 g/mol. The molecule has 1 N–H and O–H groups in total. The summed E-state index contributed by atoms with van der Waals surface area (Å²) in [7, 11) is 1.60. The van der Waals surface area contributed by atoms with E-state index in [1.807, 2.05) is 19.9 Å². The lowest BCUT2D eigenvalue weighted by Gasteiger charge is -2.22. The second-order valence-electron chi connectivity index (χ2n) is 3.30. The highest BCUT2D eigenvalue weighted by molar-refractivity contribution is 5.73. The number of hydrogen-bond donors (Lipinski definition) is 1. The predicted octanol–water partition coefficient (Wildman–Crippen LogP) is 1.20. The molecule has 13 heavy (non-hydrogen) atoms. The van der Waals surface area contributed by atoms with Gasteiger partial charge in [-0.1, -0.05) is 13.8 Å². The van der Waals surface area contributed by atoms with Gasteiger partial charge in [0.15, 0.2) is 0 Å². The van der Waals surface area contributed by atoms with Crippen LogP contribution in [-0.2, 0) is 0 Å². The summed E-state index contributed by atoms with van der Waals surface area (Å²) in [5, 5.41) is 11.0. The normalized spacial score (nSPS) is 9.46. The summed E-state index contributed by atoms with van der Waals surface area (Å²) in [4.78, 5) is 12.9. The lowest BCUT2D eigenvalue weighted by Crippen LogP contribution is -2.40. The van der Waals surface area contributed by atoms with E-state index in [9.17, 15) is 4.79 Å². The third-order valence-corrected chi connectivity index (χ3v) is 1.58. The smallest absolute Gasteiger partial charge is 0.317 e. The standard InChI is InChI=1S/C9H17N3O/c1-8(2)7-12(6-4-5-10)9(13)11-3/h8H,4,6-7H2,1-3H3,(H,11,13). The molecule has 0 aliphatic rings. The second kappa shape index (κ2) is 6.30. The number of hydrogen-bond acceptors (Lipinski definition) is 2. The summed E-state index contributed by atoms with van der Waals surface area (Å²) in [6, 6.07) is 1.92. The van der Waals surface area contributed by atoms with E-state index in [1.54, 1.807) is 11.9 Å². The Morgan fingerprint density at radius 2 is 2.23 bits per heavy atom. The summed E-state index contributed by atoms with van der Waals surface area (Å²) < 4.78 is 0. The molecule has 0 radical (unpaired) electrons. The van der Waals surface area contributed by atoms with E-state index in [1.165, 1.54) is 0 Å². The summed E-state index contributed by atoms with van der Waals surface area (Å²) in [6.45, 7) is 5.29. The zero-order valence-corrected chi connectivity index (χ0v) is 8.50. The SMILES string of the molecule is CNC(=O)N(CCC#N)CC(C)C. The predicted molar refractivity (Wildman–Crippen MR) is 51.1 cm³/mol. The van der Waals surface area contributed by atoms with Crippen LogP contribution in [0.3, 0.4) is 0 Å². The van der Waals surface area contributed by atoms with Gasteiger partial charge in [0.1, 0.15) is 0 Å². The van der Waals surface area contributed by atoms with Gasteiger partial charge in [-0.2, -0.15) is 5.26 Å². The molecule has 0 bridgehead atoms. The highest BCUT2D eigenvalue weighted by Gasteiger charge is 2.11. The van der Waals surface area contributed by atoms with E-state index in [0.717, 1.165) is 0 Å². The summed E-state index contributed by atoms with van der Waals surface area (Å²) in [6.07, 6.45) is 0.389. The van der Waals surface area contributed by atoms with E-state index in [0.29, 0.717) is 25.4 Å². The molecule has 0 saturated carbocycles. The first-order valence-electron chi connectivity index (χ1n) is 4.45. The van der Waals surface area contributed by atoms with Gasteiger partial charge in [-0.3, -0.25) is 0 Å². The van der Waals surface area contributed by atoms with Crippen LogP contribution in [0.15, 0.2) is 0 Å². The number of rotatable bonds is 4. The molecule has 0 aliphatic heterocycles. The first-order chi connectivity index (χ1) is 6.11. The lowest BCUT2D eigenvalue weighted by atomic mass is 10.2. The summed E-state index contributed by atoms with van der Waals surface area (Å²) in [5.74, 6) is 0.427. The first-order valence-corrected chi connectivity index (χ1v) is 4.45. The number of nitrogens with zero attached hydrogens (tertiary/aromatic N) is 2. The molecule has 0 aromatic carbocycles. The Morgan fingerprint density at radius 1 is 1.62 bits per heavy atom. The number of nitrogens with one attached hydrogen (secondary N) is 1. The molecule has 0 aromatic heterocycles. The second-order valence-corrected chi connectivity index (χ2v) is 3.30. The number of nitriles is 1. The maximum absolute atomic E-state index is 11.3. The molecular formula is C9H17N3O. The van der Waals surface area contributed by atoms with Crippen LogP contribution in [-0.4, -0.2) is 31.1 Å². The van der Waals surface area contributed by atoms with Crippen LogP contribution < -0.4 is 5.32 Å². The summed E-state index contributed by atoms with van der Waals surface area (Å²) >= 11 is 0. The molecular weight excluding hydrogens is 166 g/mol. The molecule has 0 aliphatic carbocycles. The van der Waals surface area contributed by atoms with Crippen molar-refractivity contribution < 1.29 is 4.79 Å². The Hall–Kier alpha value is -1.24. The van der Waals surface area contributed by atoms with Gasteiger partial charge in [0.2, 0.25) is 0 Å². The van der Waals surface area contributed by atoms with Crippen molar-refractivity contribution in [1.82, 2.24) is 10.2 Å². The van der Waals surface area contributed by atoms with Gasteiger partial charge in [0.05, 0.1) is 12.5 Å². The van der Waals surface area contributed by atoms with E-state index >= 15 is 0 Å². The van der Waals surface area contributed by atoms with Crippen LogP contribution in [0.2, 0.25) is 0 Å². The van der Waals surface area contributed by atoms with Crippen molar-refractivity contribution in [3.63, 3.8) is 0 Å². The third-order valence-electron chi connectivity index (χ3n) is 1.58. The van der Waals surface area contributed by atoms with Crippen LogP contribution >= 0.6 is 0 Å². The maximum Gasteiger partial charge on any atom is 0.317 e. The van der Waals surface area contributed by atoms with Gasteiger partial charge >= 0.3 is 6.03 Å². The summed E-state index contributed by atoms with van der Waals surface area (Å²) in [5.41, 5.74) is 0. The molecule has 74 valence electrons. The monoisotopic (exact) mass is 183 g/mol. The zero-order chi connectivity index (χ0) is 10.3. The van der Waals surface area contributed by atoms with Crippen molar-refractivity contribution >= 4 is 6.03 Å². The van der Waals surface area contributed by atoms with Gasteiger partial charge < -0.3 is 10.2 Å². The molecule has 0 unspecified atom stereocenters. The minimum Gasteiger partial charge on any atom is -0.341 e. The van der Waals surface area contributed by atoms with E-state index in [4.69, 9.17) is 5.26 Å². The van der Waals surface area contributed by atoms with Gasteiger partial charge in [-0.05, 0) is 5.92 Å². The molecule has 4 heteroatoms. The van der Waals surface area contributed by atoms with Crippen LogP contribution in [0.1, 0.15) is 20.3 Å². The van der Waals surface area contributed by atoms with Crippen LogP contribution in [0.5, 0.6) is 0 Å².